The van der Waals surface area contributed by atoms with E-state index in [9.17, 15) is 13.6 Å². The van der Waals surface area contributed by atoms with Crippen LogP contribution in [0.25, 0.3) is 5.69 Å². The number of aryl methyl sites for hydroxylation is 1. The van der Waals surface area contributed by atoms with Crippen LogP contribution < -0.4 is 10.4 Å². The van der Waals surface area contributed by atoms with Gasteiger partial charge in [0.15, 0.2) is 1.41 Å². The van der Waals surface area contributed by atoms with Crippen LogP contribution in [0.1, 0.15) is 12.2 Å². The lowest BCUT2D eigenvalue weighted by atomic mass is 10.4. The molecule has 0 radical (unpaired) electrons. The van der Waals surface area contributed by atoms with E-state index in [-0.39, 0.29) is 23.9 Å². The van der Waals surface area contributed by atoms with Gasteiger partial charge in [0.2, 0.25) is 5.88 Å². The topological polar surface area (TPSA) is 108 Å². The van der Waals surface area contributed by atoms with E-state index in [1.165, 1.54) is 19.3 Å². The van der Waals surface area contributed by atoms with Crippen molar-refractivity contribution >= 4 is 0 Å². The van der Waals surface area contributed by atoms with Crippen molar-refractivity contribution in [2.24, 2.45) is 7.05 Å². The number of alkyl halides is 2. The second-order valence-electron chi connectivity index (χ2n) is 4.15. The van der Waals surface area contributed by atoms with Crippen LogP contribution in [0.2, 0.25) is 1.41 Å². The Balaban J connectivity index is 1.97. The zero-order valence-corrected chi connectivity index (χ0v) is 11.2. The predicted molar refractivity (Wildman–Crippen MR) is 66.6 cm³/mol. The normalized spacial score (nSPS) is 11.9. The summed E-state index contributed by atoms with van der Waals surface area (Å²) in [5, 5.41) is 15.1. The number of tetrazole rings is 1. The SMILES string of the molecule is [3H]n1ccc(OCc2c(-n3nnn(C)c3=O)cnn2C(F)F)n1. The molecule has 0 fully saturated rings. The molecule has 22 heavy (non-hydrogen) atoms. The molecule has 0 aliphatic rings. The Labute approximate surface area is 122 Å². The summed E-state index contributed by atoms with van der Waals surface area (Å²) >= 11 is 0. The van der Waals surface area contributed by atoms with E-state index in [1.54, 1.807) is 0 Å². The van der Waals surface area contributed by atoms with Crippen molar-refractivity contribution in [1.82, 2.24) is 39.8 Å². The van der Waals surface area contributed by atoms with Gasteiger partial charge in [-0.25, -0.2) is 9.48 Å². The maximum Gasteiger partial charge on any atom is 0.368 e. The standard InChI is InChI=1S/C10H10F2N8O2/c1-18-10(21)20(17-16-18)6-4-14-19(9(11)12)7(6)5-22-8-2-3-13-15-8/h2-4,9H,5H2,1H3,(H,13,15)/i/hT. The number of ether oxygens (including phenoxy) is 1. The molecular weight excluding hydrogens is 302 g/mol. The molecule has 3 aromatic heterocycles. The summed E-state index contributed by atoms with van der Waals surface area (Å²) in [5.41, 5.74) is -0.675. The van der Waals surface area contributed by atoms with Crippen molar-refractivity contribution in [3.63, 3.8) is 0 Å². The third-order valence-corrected chi connectivity index (χ3v) is 2.81. The summed E-state index contributed by atoms with van der Waals surface area (Å²) in [4.78, 5) is 11.9. The van der Waals surface area contributed by atoms with Gasteiger partial charge in [0.05, 0.1) is 6.20 Å². The Morgan fingerprint density at radius 2 is 2.32 bits per heavy atom. The molecule has 3 aromatic rings. The van der Waals surface area contributed by atoms with Crippen molar-refractivity contribution in [3.8, 4) is 11.6 Å². The third kappa shape index (κ3) is 2.34. The van der Waals surface area contributed by atoms with E-state index in [0.717, 1.165) is 20.7 Å². The lowest BCUT2D eigenvalue weighted by molar-refractivity contribution is 0.0498. The van der Waals surface area contributed by atoms with Gasteiger partial charge in [-0.15, -0.1) is 5.10 Å². The molecule has 3 rings (SSSR count). The van der Waals surface area contributed by atoms with Crippen LogP contribution in [0.4, 0.5) is 8.78 Å². The van der Waals surface area contributed by atoms with Gasteiger partial charge in [0.25, 0.3) is 0 Å². The molecule has 0 bridgehead atoms. The number of halogens is 2. The van der Waals surface area contributed by atoms with Crippen LogP contribution in [-0.2, 0) is 13.7 Å². The zero-order chi connectivity index (χ0) is 16.6. The minimum absolute atomic E-state index is 0.0220. The van der Waals surface area contributed by atoms with Crippen molar-refractivity contribution in [2.75, 3.05) is 0 Å². The molecule has 0 saturated carbocycles. The molecular formula is C10H10F2N8O2. The number of aromatic amines is 1. The lowest BCUT2D eigenvalue weighted by Crippen LogP contribution is -2.23. The fourth-order valence-electron chi connectivity index (χ4n) is 1.77. The maximum absolute atomic E-state index is 13.1. The van der Waals surface area contributed by atoms with Gasteiger partial charge in [-0.2, -0.15) is 23.2 Å². The van der Waals surface area contributed by atoms with Gasteiger partial charge < -0.3 is 4.74 Å². The van der Waals surface area contributed by atoms with Gasteiger partial charge in [0.1, 0.15) is 18.0 Å². The first-order chi connectivity index (χ1) is 11.0. The monoisotopic (exact) mass is 314 g/mol. The van der Waals surface area contributed by atoms with E-state index < -0.39 is 12.2 Å². The molecule has 3 heterocycles. The highest BCUT2D eigenvalue weighted by Crippen LogP contribution is 2.20. The van der Waals surface area contributed by atoms with Crippen LogP contribution in [0, 0.1) is 0 Å². The summed E-state index contributed by atoms with van der Waals surface area (Å²) in [6.07, 6.45) is 2.39. The highest BCUT2D eigenvalue weighted by molar-refractivity contribution is 5.33. The quantitative estimate of drug-likeness (QED) is 0.702. The summed E-state index contributed by atoms with van der Waals surface area (Å²) in [5.74, 6) is 0.0689. The smallest absolute Gasteiger partial charge is 0.368 e. The van der Waals surface area contributed by atoms with E-state index >= 15 is 0 Å². The predicted octanol–water partition coefficient (Wildman–Crippen LogP) is -0.140. The first-order valence-electron chi connectivity index (χ1n) is 6.43. The minimum atomic E-state index is -2.93. The minimum Gasteiger partial charge on any atom is -0.470 e. The lowest BCUT2D eigenvalue weighted by Gasteiger charge is -2.08. The molecule has 1 N–H and O–H groups in total. The third-order valence-electron chi connectivity index (χ3n) is 2.81. The molecule has 0 unspecified atom stereocenters. The van der Waals surface area contributed by atoms with E-state index in [0.29, 0.717) is 4.68 Å². The van der Waals surface area contributed by atoms with E-state index in [1.807, 2.05) is 0 Å². The zero-order valence-electron chi connectivity index (χ0n) is 12.2. The number of nitrogens with zero attached hydrogens (tertiary/aromatic N) is 7. The molecule has 0 aromatic carbocycles. The molecule has 12 heteroatoms. The number of H-pyrrole nitrogens is 1. The molecule has 0 saturated heterocycles. The Morgan fingerprint density at radius 1 is 1.50 bits per heavy atom. The van der Waals surface area contributed by atoms with Gasteiger partial charge in [-0.05, 0) is 10.4 Å². The van der Waals surface area contributed by atoms with Crippen LogP contribution in [0.3, 0.4) is 0 Å². The largest absolute Gasteiger partial charge is 0.470 e. The summed E-state index contributed by atoms with van der Waals surface area (Å²) in [6.45, 7) is -3.27. The van der Waals surface area contributed by atoms with Crippen molar-refractivity contribution in [2.45, 2.75) is 13.2 Å². The molecule has 0 amide bonds. The molecule has 0 aliphatic carbocycles. The Hall–Kier alpha value is -3.05. The highest BCUT2D eigenvalue weighted by atomic mass is 19.3. The van der Waals surface area contributed by atoms with Crippen LogP contribution >= 0.6 is 0 Å². The molecule has 0 atom stereocenters. The van der Waals surface area contributed by atoms with Gasteiger partial charge in [0, 0.05) is 19.3 Å². The van der Waals surface area contributed by atoms with Gasteiger partial charge in [-0.3, -0.25) is 5.09 Å². The molecule has 116 valence electrons. The molecule has 0 aliphatic heterocycles. The number of nitrogens with one attached hydrogen (secondary N) is 1. The first-order valence-corrected chi connectivity index (χ1v) is 5.99. The van der Waals surface area contributed by atoms with Crippen LogP contribution in [0.15, 0.2) is 23.3 Å². The average Bonchev–Trinajstić information content (AvgIpc) is 3.18. The second kappa shape index (κ2) is 5.38. The van der Waals surface area contributed by atoms with E-state index in [4.69, 9.17) is 6.15 Å². The average molecular weight is 314 g/mol. The summed E-state index contributed by atoms with van der Waals surface area (Å²) < 4.78 is 40.8. The fraction of sp³-hybridized carbons (Fsp3) is 0.300. The maximum atomic E-state index is 13.1. The number of hydrogen-bond acceptors (Lipinski definition) is 6. The Kier molecular flexibility index (Phi) is 3.10. The van der Waals surface area contributed by atoms with Gasteiger partial charge >= 0.3 is 12.2 Å². The summed E-state index contributed by atoms with van der Waals surface area (Å²) in [6, 6.07) is 1.39. The molecule has 0 spiro atoms. The van der Waals surface area contributed by atoms with Gasteiger partial charge in [-0.1, -0.05) is 0 Å². The summed E-state index contributed by atoms with van der Waals surface area (Å²) in [7, 11) is 1.38. The van der Waals surface area contributed by atoms with Crippen LogP contribution in [0.5, 0.6) is 5.88 Å². The molecule has 10 nitrogen and oxygen atoms in total. The second-order valence-corrected chi connectivity index (χ2v) is 4.15. The first kappa shape index (κ1) is 12.7. The number of aromatic nitrogens is 8. The van der Waals surface area contributed by atoms with E-state index in [2.05, 4.69) is 20.6 Å². The van der Waals surface area contributed by atoms with Crippen molar-refractivity contribution in [1.29, 1.82) is 0 Å². The Bertz CT molecular complexity index is 882. The van der Waals surface area contributed by atoms with Crippen molar-refractivity contribution in [3.05, 3.63) is 34.6 Å². The number of rotatable bonds is 5. The number of hydrogen-bond donors (Lipinski definition) is 1. The highest BCUT2D eigenvalue weighted by Gasteiger charge is 2.21. The Morgan fingerprint density at radius 3 is 2.91 bits per heavy atom. The van der Waals surface area contributed by atoms with Crippen LogP contribution in [-0.4, -0.2) is 39.8 Å². The van der Waals surface area contributed by atoms with Crippen molar-refractivity contribution < 1.29 is 14.9 Å². The fourth-order valence-corrected chi connectivity index (χ4v) is 1.77.